The molecule has 3 amide bonds. The van der Waals surface area contributed by atoms with Gasteiger partial charge in [0.25, 0.3) is 5.91 Å². The highest BCUT2D eigenvalue weighted by atomic mass is 16.5. The molecular formula is C37H48N4O5. The van der Waals surface area contributed by atoms with Gasteiger partial charge in [-0.2, -0.15) is 0 Å². The maximum absolute atomic E-state index is 15.1. The fraction of sp³-hybridized carbons (Fsp3) is 0.486. The van der Waals surface area contributed by atoms with Gasteiger partial charge in [0.05, 0.1) is 30.1 Å². The Hall–Kier alpha value is -3.95. The van der Waals surface area contributed by atoms with Crippen LogP contribution in [-0.2, 0) is 19.1 Å². The van der Waals surface area contributed by atoms with Crippen LogP contribution in [0.4, 0.5) is 11.4 Å². The summed E-state index contributed by atoms with van der Waals surface area (Å²) in [6.45, 7) is 17.7. The lowest BCUT2D eigenvalue weighted by Gasteiger charge is -2.39. The van der Waals surface area contributed by atoms with Gasteiger partial charge in [0, 0.05) is 44.6 Å². The Morgan fingerprint density at radius 2 is 1.63 bits per heavy atom. The number of carbonyl (C=O) groups is 3. The number of likely N-dealkylation sites (N-methyl/N-ethyl adjacent to an activating group) is 1. The van der Waals surface area contributed by atoms with Gasteiger partial charge in [-0.05, 0) is 62.9 Å². The number of hydrogen-bond donors (Lipinski definition) is 1. The molecule has 3 saturated heterocycles. The first-order chi connectivity index (χ1) is 22.0. The normalized spacial score (nSPS) is 28.5. The second-order valence-corrected chi connectivity index (χ2v) is 13.0. The molecule has 3 aliphatic heterocycles. The standard InChI is InChI=1S/C37H48N4O5/c1-8-21-38(7)33(43)30-31-34(44)41(29(24-42)26-15-13-12-14-16-26)32(37(31)23-25(5)36(30,6)46-37)35(45)40(22-9-2)28-19-17-27(18-20-28)39(10-3)11-4/h8-9,12-20,25,29-32,42H,1-2,10-11,21-24H2,3-7H3/t25?,29-,30-,31+,32?,36+,37?/m1/s1. The first-order valence-corrected chi connectivity index (χ1v) is 16.4. The number of hydrogen-bond acceptors (Lipinski definition) is 6. The van der Waals surface area contributed by atoms with Gasteiger partial charge in [0.15, 0.2) is 0 Å². The van der Waals surface area contributed by atoms with E-state index in [-0.39, 0.29) is 30.2 Å². The molecule has 7 atom stereocenters. The first kappa shape index (κ1) is 33.4. The third-order valence-electron chi connectivity index (χ3n) is 10.6. The van der Waals surface area contributed by atoms with E-state index in [0.717, 1.165) is 18.8 Å². The van der Waals surface area contributed by atoms with Gasteiger partial charge >= 0.3 is 0 Å². The fourth-order valence-corrected chi connectivity index (χ4v) is 8.25. The molecule has 0 aliphatic carbocycles. The number of fused-ring (bicyclic) bond motifs is 1. The first-order valence-electron chi connectivity index (χ1n) is 16.4. The summed E-state index contributed by atoms with van der Waals surface area (Å²) in [7, 11) is 1.70. The van der Waals surface area contributed by atoms with Crippen molar-refractivity contribution >= 4 is 29.1 Å². The van der Waals surface area contributed by atoms with Crippen molar-refractivity contribution in [2.24, 2.45) is 17.8 Å². The van der Waals surface area contributed by atoms with E-state index in [1.807, 2.05) is 68.4 Å². The Morgan fingerprint density at radius 1 is 1.02 bits per heavy atom. The van der Waals surface area contributed by atoms with E-state index >= 15 is 4.79 Å². The van der Waals surface area contributed by atoms with Crippen LogP contribution in [0.25, 0.3) is 0 Å². The molecule has 3 heterocycles. The molecular weight excluding hydrogens is 580 g/mol. The third kappa shape index (κ3) is 5.14. The molecule has 3 unspecified atom stereocenters. The highest BCUT2D eigenvalue weighted by molar-refractivity contribution is 6.05. The zero-order valence-electron chi connectivity index (χ0n) is 27.8. The van der Waals surface area contributed by atoms with E-state index in [9.17, 15) is 14.7 Å². The van der Waals surface area contributed by atoms with Crippen LogP contribution in [-0.4, -0.2) is 89.7 Å². The smallest absolute Gasteiger partial charge is 0.253 e. The van der Waals surface area contributed by atoms with Crippen LogP contribution in [0.2, 0.25) is 0 Å². The Balaban J connectivity index is 1.66. The lowest BCUT2D eigenvalue weighted by molar-refractivity contribution is -0.153. The van der Waals surface area contributed by atoms with E-state index in [0.29, 0.717) is 24.2 Å². The molecule has 0 radical (unpaired) electrons. The molecule has 46 heavy (non-hydrogen) atoms. The number of benzene rings is 2. The fourth-order valence-electron chi connectivity index (χ4n) is 8.25. The Morgan fingerprint density at radius 3 is 2.20 bits per heavy atom. The molecule has 2 aromatic carbocycles. The van der Waals surface area contributed by atoms with Crippen LogP contribution in [0.5, 0.6) is 0 Å². The van der Waals surface area contributed by atoms with Crippen LogP contribution >= 0.6 is 0 Å². The van der Waals surface area contributed by atoms with Crippen molar-refractivity contribution in [3.63, 3.8) is 0 Å². The summed E-state index contributed by atoms with van der Waals surface area (Å²) in [5, 5.41) is 10.8. The lowest BCUT2D eigenvalue weighted by Crippen LogP contribution is -2.57. The number of aliphatic hydroxyl groups is 1. The van der Waals surface area contributed by atoms with E-state index in [1.54, 1.807) is 29.0 Å². The summed E-state index contributed by atoms with van der Waals surface area (Å²) in [5.41, 5.74) is 0.198. The van der Waals surface area contributed by atoms with Crippen LogP contribution in [0, 0.1) is 17.8 Å². The molecule has 0 aromatic heterocycles. The summed E-state index contributed by atoms with van der Waals surface area (Å²) in [5.74, 6) is -2.69. The topological polar surface area (TPSA) is 93.6 Å². The lowest BCUT2D eigenvalue weighted by atomic mass is 9.62. The molecule has 0 saturated carbocycles. The number of rotatable bonds is 13. The van der Waals surface area contributed by atoms with E-state index in [1.165, 1.54) is 4.90 Å². The Labute approximate surface area is 273 Å². The van der Waals surface area contributed by atoms with E-state index in [4.69, 9.17) is 4.74 Å². The van der Waals surface area contributed by atoms with Crippen molar-refractivity contribution in [2.45, 2.75) is 57.4 Å². The number of carbonyl (C=O) groups excluding carboxylic acids is 3. The molecule has 3 aliphatic rings. The molecule has 246 valence electrons. The summed E-state index contributed by atoms with van der Waals surface area (Å²) >= 11 is 0. The van der Waals surface area contributed by atoms with Crippen molar-refractivity contribution in [3.8, 4) is 0 Å². The van der Waals surface area contributed by atoms with Gasteiger partial charge in [0.2, 0.25) is 11.8 Å². The van der Waals surface area contributed by atoms with Gasteiger partial charge in [-0.25, -0.2) is 0 Å². The van der Waals surface area contributed by atoms with Crippen molar-refractivity contribution in [1.82, 2.24) is 9.80 Å². The zero-order chi connectivity index (χ0) is 33.4. The van der Waals surface area contributed by atoms with Crippen LogP contribution < -0.4 is 9.80 Å². The minimum absolute atomic E-state index is 0.108. The molecule has 1 spiro atoms. The van der Waals surface area contributed by atoms with Crippen molar-refractivity contribution < 1.29 is 24.2 Å². The Bertz CT molecular complexity index is 1460. The summed E-state index contributed by atoms with van der Waals surface area (Å²) in [6.07, 6.45) is 3.75. The quantitative estimate of drug-likeness (QED) is 0.330. The zero-order valence-corrected chi connectivity index (χ0v) is 27.8. The highest BCUT2D eigenvalue weighted by Crippen LogP contribution is 2.66. The minimum Gasteiger partial charge on any atom is -0.394 e. The molecule has 2 aromatic rings. The molecule has 3 fully saturated rings. The monoisotopic (exact) mass is 628 g/mol. The molecule has 9 nitrogen and oxygen atoms in total. The predicted octanol–water partition coefficient (Wildman–Crippen LogP) is 4.44. The second-order valence-electron chi connectivity index (χ2n) is 13.0. The highest BCUT2D eigenvalue weighted by Gasteiger charge is 2.80. The second kappa shape index (κ2) is 13.0. The van der Waals surface area contributed by atoms with Crippen molar-refractivity contribution in [1.29, 1.82) is 0 Å². The maximum atomic E-state index is 15.1. The van der Waals surface area contributed by atoms with E-state index < -0.39 is 41.7 Å². The number of anilines is 2. The van der Waals surface area contributed by atoms with Crippen molar-refractivity contribution in [3.05, 3.63) is 85.5 Å². The van der Waals surface area contributed by atoms with Gasteiger partial charge in [-0.3, -0.25) is 14.4 Å². The molecule has 5 rings (SSSR count). The van der Waals surface area contributed by atoms with Gasteiger partial charge < -0.3 is 29.4 Å². The van der Waals surface area contributed by atoms with Crippen LogP contribution in [0.1, 0.15) is 45.7 Å². The summed E-state index contributed by atoms with van der Waals surface area (Å²) in [4.78, 5) is 51.1. The number of likely N-dealkylation sites (tertiary alicyclic amines) is 1. The van der Waals surface area contributed by atoms with E-state index in [2.05, 4.69) is 31.9 Å². The third-order valence-corrected chi connectivity index (χ3v) is 10.6. The molecule has 1 N–H and O–H groups in total. The predicted molar refractivity (Wildman–Crippen MR) is 180 cm³/mol. The summed E-state index contributed by atoms with van der Waals surface area (Å²) in [6, 6.07) is 15.2. The van der Waals surface area contributed by atoms with Gasteiger partial charge in [-0.1, -0.05) is 49.4 Å². The number of ether oxygens (including phenoxy) is 1. The van der Waals surface area contributed by atoms with Crippen LogP contribution in [0.3, 0.4) is 0 Å². The van der Waals surface area contributed by atoms with Gasteiger partial charge in [-0.15, -0.1) is 13.2 Å². The van der Waals surface area contributed by atoms with Gasteiger partial charge in [0.1, 0.15) is 11.6 Å². The van der Waals surface area contributed by atoms with Crippen molar-refractivity contribution in [2.75, 3.05) is 49.6 Å². The Kier molecular flexibility index (Phi) is 9.47. The average Bonchev–Trinajstić information content (AvgIpc) is 3.57. The molecule has 2 bridgehead atoms. The number of nitrogens with zero attached hydrogens (tertiary/aromatic N) is 4. The maximum Gasteiger partial charge on any atom is 0.253 e. The summed E-state index contributed by atoms with van der Waals surface area (Å²) < 4.78 is 6.96. The SMILES string of the molecule is C=CCN(C)C(=O)[C@H]1[C@H]2C(=O)N([C@H](CO)c3ccccc3)C(C(=O)N(CC=C)c3ccc(N(CC)CC)cc3)C23CC(C)[C@]1(C)O3. The molecule has 9 heteroatoms. The minimum atomic E-state index is -1.26. The van der Waals surface area contributed by atoms with Crippen LogP contribution in [0.15, 0.2) is 79.9 Å². The average molecular weight is 629 g/mol. The number of amides is 3. The largest absolute Gasteiger partial charge is 0.394 e. The number of aliphatic hydroxyl groups excluding tert-OH is 1.